The van der Waals surface area contributed by atoms with Gasteiger partial charge < -0.3 is 4.40 Å². The van der Waals surface area contributed by atoms with Gasteiger partial charge in [-0.15, -0.1) is 0 Å². The Morgan fingerprint density at radius 2 is 0.912 bits per heavy atom. The average molecular weight is 861 g/mol. The first-order chi connectivity index (χ1) is 33.6. The van der Waals surface area contributed by atoms with E-state index in [0.717, 1.165) is 71.2 Å². The largest absolute Gasteiger partial charge is 0.308 e. The predicted octanol–water partition coefficient (Wildman–Crippen LogP) is 12.8. The Hall–Kier alpha value is -8.77. The van der Waals surface area contributed by atoms with E-state index < -0.39 is 0 Å². The molecule has 6 aliphatic rings. The van der Waals surface area contributed by atoms with Crippen LogP contribution in [0.3, 0.4) is 0 Å². The molecule has 6 aliphatic carbocycles. The third-order valence-corrected chi connectivity index (χ3v) is 18.2. The van der Waals surface area contributed by atoms with E-state index in [4.69, 9.17) is 0 Å². The lowest BCUT2D eigenvalue weighted by atomic mass is 9.42. The molecule has 12 aromatic rings. The summed E-state index contributed by atoms with van der Waals surface area (Å²) in [5.74, 6) is 0.364. The summed E-state index contributed by atoms with van der Waals surface area (Å²) in [5.41, 5.74) is 20.6. The summed E-state index contributed by atoms with van der Waals surface area (Å²) in [6, 6.07) is 66.1. The Balaban J connectivity index is 1.10. The van der Waals surface area contributed by atoms with Gasteiger partial charge in [-0.2, -0.15) is 10.5 Å². The van der Waals surface area contributed by atoms with Crippen molar-refractivity contribution in [2.75, 3.05) is 0 Å². The normalized spacial score (nSPS) is 23.1. The maximum Gasteiger partial charge on any atom is 0.263 e. The zero-order valence-corrected chi connectivity index (χ0v) is 36.2. The fraction of sp³-hybridized carbons (Fsp3) is 0.0952. The topological polar surface area (TPSA) is 74.0 Å². The van der Waals surface area contributed by atoms with E-state index in [1.54, 1.807) is 0 Å². The van der Waals surface area contributed by atoms with E-state index in [9.17, 15) is 10.5 Å². The molecule has 310 valence electrons. The van der Waals surface area contributed by atoms with Gasteiger partial charge in [-0.3, -0.25) is 9.36 Å². The second-order valence-electron chi connectivity index (χ2n) is 20.2. The first-order valence-corrected chi connectivity index (χ1v) is 23.7. The van der Waals surface area contributed by atoms with E-state index in [0.29, 0.717) is 16.5 Å². The molecule has 3 aromatic heterocycles. The smallest absolute Gasteiger partial charge is 0.263 e. The van der Waals surface area contributed by atoms with Crippen molar-refractivity contribution in [2.24, 2.45) is 0 Å². The van der Waals surface area contributed by atoms with Crippen molar-refractivity contribution >= 4 is 59.8 Å². The van der Waals surface area contributed by atoms with E-state index in [-0.39, 0.29) is 40.1 Å². The Morgan fingerprint density at radius 1 is 0.426 bits per heavy atom. The highest BCUT2D eigenvalue weighted by molar-refractivity contribution is 6.37. The van der Waals surface area contributed by atoms with Crippen LogP contribution in [-0.4, -0.2) is 8.97 Å². The highest BCUT2D eigenvalue weighted by Crippen LogP contribution is 2.81. The van der Waals surface area contributed by atoms with Crippen molar-refractivity contribution in [3.8, 4) is 17.8 Å². The van der Waals surface area contributed by atoms with Gasteiger partial charge in [-0.05, 0) is 103 Å². The summed E-state index contributed by atoms with van der Waals surface area (Å²) in [6.07, 6.45) is 0. The van der Waals surface area contributed by atoms with E-state index in [2.05, 4.69) is 150 Å². The Bertz CT molecular complexity index is 4660. The molecule has 0 amide bonds. The maximum absolute atomic E-state index is 15.9. The van der Waals surface area contributed by atoms with Crippen LogP contribution in [0.2, 0.25) is 0 Å². The van der Waals surface area contributed by atoms with E-state index >= 15 is 4.79 Å². The molecule has 0 radical (unpaired) electrons. The van der Waals surface area contributed by atoms with Crippen LogP contribution in [0.5, 0.6) is 0 Å². The van der Waals surface area contributed by atoms with Crippen LogP contribution < -0.4 is 5.56 Å². The van der Waals surface area contributed by atoms with Crippen molar-refractivity contribution in [1.29, 1.82) is 10.5 Å². The van der Waals surface area contributed by atoms with Crippen LogP contribution in [0, 0.1) is 22.7 Å². The first-order valence-electron chi connectivity index (χ1n) is 23.7. The first kappa shape index (κ1) is 34.6. The van der Waals surface area contributed by atoms with Gasteiger partial charge in [0.2, 0.25) is 0 Å². The minimum Gasteiger partial charge on any atom is -0.308 e. The van der Waals surface area contributed by atoms with Crippen molar-refractivity contribution in [3.05, 3.63) is 258 Å². The molecule has 5 nitrogen and oxygen atoms in total. The number of hydrogen-bond donors (Lipinski definition) is 0. The SMILES string of the molecule is N#Cc1cc2c(c3c1C1c4ccccc4C4c5ccccc5C341)c1cc3c(=O)n(-c4ccccc4)c4ccccc4c3c3c4c5c(c(C#N)cc4n2c13)C1c2ccccc2C2c3ccccc3C521. The quantitative estimate of drug-likeness (QED) is 0.154. The van der Waals surface area contributed by atoms with Gasteiger partial charge >= 0.3 is 0 Å². The molecule has 0 fully saturated rings. The summed E-state index contributed by atoms with van der Waals surface area (Å²) < 4.78 is 4.31. The van der Waals surface area contributed by atoms with Crippen LogP contribution >= 0.6 is 0 Å². The molecule has 18 rings (SSSR count). The number of nitrogens with zero attached hydrogens (tertiary/aromatic N) is 4. The summed E-state index contributed by atoms with van der Waals surface area (Å²) >= 11 is 0. The summed E-state index contributed by atoms with van der Waals surface area (Å²) in [4.78, 5) is 15.9. The third-order valence-electron chi connectivity index (χ3n) is 18.2. The minimum absolute atomic E-state index is 0.0309. The molecule has 2 spiro atoms. The molecule has 3 heterocycles. The second kappa shape index (κ2) is 10.9. The summed E-state index contributed by atoms with van der Waals surface area (Å²) in [5, 5.41) is 29.7. The molecule has 0 N–H and O–H groups in total. The highest BCUT2D eigenvalue weighted by atomic mass is 16.1. The van der Waals surface area contributed by atoms with Crippen molar-refractivity contribution < 1.29 is 0 Å². The Morgan fingerprint density at radius 3 is 1.50 bits per heavy atom. The Labute approximate surface area is 387 Å². The molecule has 0 aliphatic heterocycles. The molecular formula is C63H32N4O. The molecule has 0 bridgehead atoms. The third kappa shape index (κ3) is 3.19. The van der Waals surface area contributed by atoms with Crippen molar-refractivity contribution in [1.82, 2.24) is 8.97 Å². The zero-order valence-electron chi connectivity index (χ0n) is 36.2. The number of aromatic nitrogens is 2. The van der Waals surface area contributed by atoms with Gasteiger partial charge in [-0.1, -0.05) is 133 Å². The highest BCUT2D eigenvalue weighted by Gasteiger charge is 2.72. The van der Waals surface area contributed by atoms with Crippen LogP contribution in [0.15, 0.2) is 175 Å². The second-order valence-corrected chi connectivity index (χ2v) is 20.2. The number of fused-ring (bicyclic) bond motifs is 26. The van der Waals surface area contributed by atoms with E-state index in [1.807, 2.05) is 41.0 Å². The van der Waals surface area contributed by atoms with Crippen molar-refractivity contribution in [3.63, 3.8) is 0 Å². The van der Waals surface area contributed by atoms with Crippen LogP contribution in [0.1, 0.15) is 102 Å². The maximum atomic E-state index is 15.9. The minimum atomic E-state index is -0.373. The number of para-hydroxylation sites is 2. The number of pyridine rings is 1. The molecule has 6 atom stereocenters. The molecule has 9 aromatic carbocycles. The van der Waals surface area contributed by atoms with Gasteiger partial charge in [0.05, 0.1) is 45.3 Å². The fourth-order valence-corrected chi connectivity index (χ4v) is 16.4. The standard InChI is InChI=1S/C63H32N4O/c64-29-31-26-46-51(58-48(31)56-36-18-6-4-16-34(36)54-38-20-8-11-23-43(38)62(54,56)58)41-28-42-50(40-22-10-13-25-45(40)66(61(42)68)33-14-2-1-3-15-33)53-52-47(67(46)60(41)53)27-32(30-65)49-57-37-19-7-5-17-35(37)55-39-21-9-12-24-44(39)63(55,57)59(49)52/h1-28,54-57H. The molecular weight excluding hydrogens is 829 g/mol. The monoisotopic (exact) mass is 860 g/mol. The van der Waals surface area contributed by atoms with Gasteiger partial charge in [0, 0.05) is 77.9 Å². The van der Waals surface area contributed by atoms with Gasteiger partial charge in [0.1, 0.15) is 0 Å². The number of benzene rings is 9. The molecule has 0 saturated heterocycles. The van der Waals surface area contributed by atoms with Crippen LogP contribution in [0.25, 0.3) is 65.5 Å². The lowest BCUT2D eigenvalue weighted by molar-refractivity contribution is 0.336. The van der Waals surface area contributed by atoms with Crippen LogP contribution in [0.4, 0.5) is 0 Å². The van der Waals surface area contributed by atoms with Crippen LogP contribution in [-0.2, 0) is 10.8 Å². The lowest BCUT2D eigenvalue weighted by Gasteiger charge is -2.59. The number of nitriles is 2. The summed E-state index contributed by atoms with van der Waals surface area (Å²) in [6.45, 7) is 0. The molecule has 5 heteroatoms. The zero-order chi connectivity index (χ0) is 44.3. The fourth-order valence-electron chi connectivity index (χ4n) is 16.4. The Kier molecular flexibility index (Phi) is 5.54. The molecule has 68 heavy (non-hydrogen) atoms. The lowest BCUT2D eigenvalue weighted by Crippen LogP contribution is -2.53. The summed E-state index contributed by atoms with van der Waals surface area (Å²) in [7, 11) is 0. The number of hydrogen-bond acceptors (Lipinski definition) is 3. The van der Waals surface area contributed by atoms with Crippen molar-refractivity contribution in [2.45, 2.75) is 34.5 Å². The number of rotatable bonds is 1. The van der Waals surface area contributed by atoms with Gasteiger partial charge in [-0.25, -0.2) is 0 Å². The average Bonchev–Trinajstić information content (AvgIpc) is 3.99. The van der Waals surface area contributed by atoms with E-state index in [1.165, 1.54) is 55.6 Å². The molecule has 6 unspecified atom stereocenters. The van der Waals surface area contributed by atoms with Gasteiger partial charge in [0.25, 0.3) is 5.56 Å². The predicted molar refractivity (Wildman–Crippen MR) is 266 cm³/mol. The molecule has 0 saturated carbocycles. The van der Waals surface area contributed by atoms with Gasteiger partial charge in [0.15, 0.2) is 0 Å².